The van der Waals surface area contributed by atoms with Crippen molar-refractivity contribution in [1.29, 1.82) is 5.26 Å². The van der Waals surface area contributed by atoms with Crippen molar-refractivity contribution in [2.75, 3.05) is 0 Å². The fourth-order valence-electron chi connectivity index (χ4n) is 0.741. The minimum Gasteiger partial charge on any atom is -0.328 e. The van der Waals surface area contributed by atoms with Crippen LogP contribution in [-0.4, -0.2) is 10.9 Å². The van der Waals surface area contributed by atoms with E-state index in [9.17, 15) is 4.79 Å². The van der Waals surface area contributed by atoms with Gasteiger partial charge in [-0.2, -0.15) is 5.26 Å². The molecule has 0 aromatic carbocycles. The Morgan fingerprint density at radius 1 is 1.54 bits per heavy atom. The Bertz CT molecular complexity index is 351. The SMILES string of the molecule is N#CC=CNC(=O)c1ccncc1. The van der Waals surface area contributed by atoms with E-state index < -0.39 is 0 Å². The third-order valence-corrected chi connectivity index (χ3v) is 1.31. The normalized spacial score (nSPS) is 9.46. The number of hydrogen-bond acceptors (Lipinski definition) is 3. The molecule has 0 saturated carbocycles. The van der Waals surface area contributed by atoms with E-state index in [1.165, 1.54) is 24.7 Å². The summed E-state index contributed by atoms with van der Waals surface area (Å²) in [5.74, 6) is -0.256. The molecule has 0 saturated heterocycles. The summed E-state index contributed by atoms with van der Waals surface area (Å²) in [6, 6.07) is 4.95. The van der Waals surface area contributed by atoms with Crippen LogP contribution in [0.15, 0.2) is 36.8 Å². The molecular formula is C9H7N3O. The molecule has 1 heterocycles. The van der Waals surface area contributed by atoms with Crippen molar-refractivity contribution in [2.45, 2.75) is 0 Å². The molecule has 0 radical (unpaired) electrons. The van der Waals surface area contributed by atoms with Crippen LogP contribution in [0.2, 0.25) is 0 Å². The van der Waals surface area contributed by atoms with Gasteiger partial charge in [0.1, 0.15) is 0 Å². The third-order valence-electron chi connectivity index (χ3n) is 1.31. The third kappa shape index (κ3) is 2.75. The van der Waals surface area contributed by atoms with Crippen LogP contribution in [0, 0.1) is 11.3 Å². The number of pyridine rings is 1. The number of allylic oxidation sites excluding steroid dienone is 1. The van der Waals surface area contributed by atoms with Crippen LogP contribution in [0.3, 0.4) is 0 Å². The predicted octanol–water partition coefficient (Wildman–Crippen LogP) is 0.849. The van der Waals surface area contributed by atoms with E-state index in [0.717, 1.165) is 0 Å². The minimum atomic E-state index is -0.256. The van der Waals surface area contributed by atoms with Crippen molar-refractivity contribution >= 4 is 5.91 Å². The molecule has 1 aromatic heterocycles. The summed E-state index contributed by atoms with van der Waals surface area (Å²) in [4.78, 5) is 15.0. The average molecular weight is 173 g/mol. The van der Waals surface area contributed by atoms with Crippen LogP contribution >= 0.6 is 0 Å². The highest BCUT2D eigenvalue weighted by molar-refractivity contribution is 5.94. The maximum Gasteiger partial charge on any atom is 0.255 e. The van der Waals surface area contributed by atoms with Gasteiger partial charge >= 0.3 is 0 Å². The van der Waals surface area contributed by atoms with E-state index in [-0.39, 0.29) is 5.91 Å². The van der Waals surface area contributed by atoms with E-state index in [1.807, 2.05) is 0 Å². The van der Waals surface area contributed by atoms with E-state index in [1.54, 1.807) is 18.2 Å². The fraction of sp³-hybridized carbons (Fsp3) is 0. The van der Waals surface area contributed by atoms with Gasteiger partial charge in [-0.25, -0.2) is 0 Å². The molecule has 4 nitrogen and oxygen atoms in total. The second kappa shape index (κ2) is 4.67. The number of rotatable bonds is 2. The zero-order chi connectivity index (χ0) is 9.52. The molecule has 0 bridgehead atoms. The molecule has 1 aromatic rings. The maximum atomic E-state index is 11.2. The van der Waals surface area contributed by atoms with Gasteiger partial charge in [-0.3, -0.25) is 9.78 Å². The first-order chi connectivity index (χ1) is 6.34. The lowest BCUT2D eigenvalue weighted by atomic mass is 10.2. The Balaban J connectivity index is 2.61. The summed E-state index contributed by atoms with van der Waals surface area (Å²) in [5, 5.41) is 10.6. The number of amides is 1. The van der Waals surface area contributed by atoms with Gasteiger partial charge < -0.3 is 5.32 Å². The van der Waals surface area contributed by atoms with Crippen LogP contribution in [0.4, 0.5) is 0 Å². The van der Waals surface area contributed by atoms with Gasteiger partial charge in [0.25, 0.3) is 5.91 Å². The van der Waals surface area contributed by atoms with Crippen molar-refractivity contribution < 1.29 is 4.79 Å². The first-order valence-corrected chi connectivity index (χ1v) is 3.60. The zero-order valence-corrected chi connectivity index (χ0v) is 6.77. The smallest absolute Gasteiger partial charge is 0.255 e. The second-order valence-corrected chi connectivity index (χ2v) is 2.17. The molecule has 0 atom stereocenters. The number of aromatic nitrogens is 1. The number of nitrogens with zero attached hydrogens (tertiary/aromatic N) is 2. The first kappa shape index (κ1) is 8.94. The Morgan fingerprint density at radius 2 is 2.23 bits per heavy atom. The van der Waals surface area contributed by atoms with Crippen LogP contribution in [0.1, 0.15) is 10.4 Å². The fourth-order valence-corrected chi connectivity index (χ4v) is 0.741. The number of carbonyl (C=O) groups excluding carboxylic acids is 1. The highest BCUT2D eigenvalue weighted by atomic mass is 16.1. The molecule has 1 rings (SSSR count). The molecule has 0 aliphatic rings. The largest absolute Gasteiger partial charge is 0.328 e. The second-order valence-electron chi connectivity index (χ2n) is 2.17. The van der Waals surface area contributed by atoms with Crippen molar-refractivity contribution in [3.63, 3.8) is 0 Å². The van der Waals surface area contributed by atoms with Crippen molar-refractivity contribution in [3.8, 4) is 6.07 Å². The van der Waals surface area contributed by atoms with Crippen molar-refractivity contribution in [2.24, 2.45) is 0 Å². The summed E-state index contributed by atoms with van der Waals surface area (Å²) >= 11 is 0. The number of hydrogen-bond donors (Lipinski definition) is 1. The topological polar surface area (TPSA) is 65.8 Å². The lowest BCUT2D eigenvalue weighted by Crippen LogP contribution is -2.16. The van der Waals surface area contributed by atoms with Crippen molar-refractivity contribution in [3.05, 3.63) is 42.4 Å². The maximum absolute atomic E-state index is 11.2. The van der Waals surface area contributed by atoms with Gasteiger partial charge in [-0.15, -0.1) is 0 Å². The molecule has 4 heteroatoms. The molecule has 0 aliphatic heterocycles. The summed E-state index contributed by atoms with van der Waals surface area (Å²) in [7, 11) is 0. The van der Waals surface area contributed by atoms with Crippen LogP contribution in [-0.2, 0) is 0 Å². The van der Waals surface area contributed by atoms with Gasteiger partial charge in [0, 0.05) is 30.2 Å². The van der Waals surface area contributed by atoms with Gasteiger partial charge in [0.05, 0.1) is 6.07 Å². The summed E-state index contributed by atoms with van der Waals surface area (Å²) in [6.07, 6.45) is 5.55. The highest BCUT2D eigenvalue weighted by Gasteiger charge is 2.00. The molecule has 64 valence electrons. The van der Waals surface area contributed by atoms with E-state index in [2.05, 4.69) is 10.3 Å². The number of nitrogens with one attached hydrogen (secondary N) is 1. The monoisotopic (exact) mass is 173 g/mol. The van der Waals surface area contributed by atoms with Gasteiger partial charge in [0.15, 0.2) is 0 Å². The summed E-state index contributed by atoms with van der Waals surface area (Å²) in [6.45, 7) is 0. The van der Waals surface area contributed by atoms with Gasteiger partial charge in [0.2, 0.25) is 0 Å². The van der Waals surface area contributed by atoms with Gasteiger partial charge in [-0.1, -0.05) is 0 Å². The molecule has 0 fully saturated rings. The average Bonchev–Trinajstić information content (AvgIpc) is 2.19. The molecule has 0 unspecified atom stereocenters. The lowest BCUT2D eigenvalue weighted by Gasteiger charge is -1.97. The first-order valence-electron chi connectivity index (χ1n) is 3.60. The summed E-state index contributed by atoms with van der Waals surface area (Å²) < 4.78 is 0. The zero-order valence-electron chi connectivity index (χ0n) is 6.77. The van der Waals surface area contributed by atoms with E-state index in [0.29, 0.717) is 5.56 Å². The van der Waals surface area contributed by atoms with E-state index in [4.69, 9.17) is 5.26 Å². The molecule has 0 aliphatic carbocycles. The van der Waals surface area contributed by atoms with Crippen molar-refractivity contribution in [1.82, 2.24) is 10.3 Å². The predicted molar refractivity (Wildman–Crippen MR) is 46.5 cm³/mol. The minimum absolute atomic E-state index is 0.256. The van der Waals surface area contributed by atoms with Gasteiger partial charge in [-0.05, 0) is 12.1 Å². The van der Waals surface area contributed by atoms with Crippen LogP contribution < -0.4 is 5.32 Å². The van der Waals surface area contributed by atoms with Crippen LogP contribution in [0.5, 0.6) is 0 Å². The molecular weight excluding hydrogens is 166 g/mol. The van der Waals surface area contributed by atoms with E-state index >= 15 is 0 Å². The van der Waals surface area contributed by atoms with Crippen LogP contribution in [0.25, 0.3) is 0 Å². The number of nitriles is 1. The Labute approximate surface area is 75.5 Å². The Hall–Kier alpha value is -2.15. The lowest BCUT2D eigenvalue weighted by molar-refractivity contribution is 0.0970. The number of carbonyl (C=O) groups is 1. The molecule has 1 N–H and O–H groups in total. The standard InChI is InChI=1S/C9H7N3O/c10-4-1-5-12-9(13)8-2-6-11-7-3-8/h1-3,5-7H,(H,12,13). The Kier molecular flexibility index (Phi) is 3.21. The molecule has 1 amide bonds. The summed E-state index contributed by atoms with van der Waals surface area (Å²) in [5.41, 5.74) is 0.512. The Morgan fingerprint density at radius 3 is 2.85 bits per heavy atom. The quantitative estimate of drug-likeness (QED) is 0.674. The highest BCUT2D eigenvalue weighted by Crippen LogP contribution is 1.94. The molecule has 0 spiro atoms. The molecule has 13 heavy (non-hydrogen) atoms.